The lowest BCUT2D eigenvalue weighted by atomic mass is 9.83. The summed E-state index contributed by atoms with van der Waals surface area (Å²) in [5, 5.41) is 76.4. The smallest absolute Gasteiger partial charge is 0.245 e. The number of amides is 13. The number of carbonyl (C=O) groups excluding carboxylic acids is 13. The monoisotopic (exact) mass is 1620 g/mol. The van der Waals surface area contributed by atoms with Crippen molar-refractivity contribution >= 4 is 111 Å². The summed E-state index contributed by atoms with van der Waals surface area (Å²) in [6.07, 6.45) is 1.28. The number of H-pyrrole nitrogens is 1. The second kappa shape index (κ2) is 43.2. The van der Waals surface area contributed by atoms with Crippen LogP contribution >= 0.6 is 23.5 Å². The van der Waals surface area contributed by atoms with Crippen LogP contribution in [0.15, 0.2) is 97.3 Å². The Labute approximate surface area is 670 Å². The normalized spacial score (nSPS) is 25.4. The summed E-state index contributed by atoms with van der Waals surface area (Å²) in [7, 11) is 0. The quantitative estimate of drug-likeness (QED) is 0.0844. The van der Waals surface area contributed by atoms with Crippen LogP contribution in [-0.4, -0.2) is 204 Å². The minimum Gasteiger partial charge on any atom is -0.508 e. The molecule has 13 amide bonds. The van der Waals surface area contributed by atoms with E-state index in [9.17, 15) is 63.6 Å². The highest BCUT2D eigenvalue weighted by atomic mass is 32.2. The highest BCUT2D eigenvalue weighted by Gasteiger charge is 2.41. The predicted octanol–water partition coefficient (Wildman–Crippen LogP) is 1.66. The number of thioether (sulfide) groups is 2. The molecule has 1 saturated carbocycles. The number of aromatic nitrogens is 2. The summed E-state index contributed by atoms with van der Waals surface area (Å²) in [6, 6.07) is 5.57. The van der Waals surface area contributed by atoms with Gasteiger partial charge in [0.2, 0.25) is 76.8 Å². The topological polar surface area (TPSA) is 502 Å². The number of aliphatic hydroxyl groups excluding tert-OH is 2. The van der Waals surface area contributed by atoms with Crippen molar-refractivity contribution in [3.05, 3.63) is 125 Å². The van der Waals surface area contributed by atoms with Crippen molar-refractivity contribution in [3.63, 3.8) is 0 Å². The van der Waals surface area contributed by atoms with Crippen LogP contribution in [0.5, 0.6) is 11.5 Å². The Bertz CT molecular complexity index is 4170. The molecule has 618 valence electrons. The van der Waals surface area contributed by atoms with Gasteiger partial charge in [0.1, 0.15) is 83.6 Å². The summed E-state index contributed by atoms with van der Waals surface area (Å²) >= 11 is 2.72. The zero-order valence-corrected chi connectivity index (χ0v) is 66.7. The largest absolute Gasteiger partial charge is 0.508 e. The maximum absolute atomic E-state index is 15.3. The predicted molar refractivity (Wildman–Crippen MR) is 428 cm³/mol. The number of nitrogens with zero attached hydrogens (tertiary/aromatic N) is 1. The fourth-order valence-electron chi connectivity index (χ4n) is 13.8. The Hall–Kier alpha value is -10.3. The number of phenolic OH excluding ortho intramolecular Hbond substituents is 2. The molecule has 34 heteroatoms. The molecule has 32 nitrogen and oxygen atoms in total. The van der Waals surface area contributed by atoms with Gasteiger partial charge in [-0.3, -0.25) is 62.3 Å². The molecule has 2 fully saturated rings. The molecule has 13 atom stereocenters. The van der Waals surface area contributed by atoms with Crippen LogP contribution < -0.4 is 69.5 Å². The number of pyridine rings is 1. The lowest BCUT2D eigenvalue weighted by molar-refractivity contribution is -0.137. The van der Waals surface area contributed by atoms with Crippen molar-refractivity contribution in [2.75, 3.05) is 18.1 Å². The molecule has 19 N–H and O–H groups in total. The molecule has 3 aromatic carbocycles. The van der Waals surface area contributed by atoms with Crippen molar-refractivity contribution in [1.82, 2.24) is 73.8 Å². The molecule has 0 radical (unpaired) electrons. The Morgan fingerprint density at radius 3 is 1.67 bits per heavy atom. The molecule has 2 aromatic heterocycles. The van der Waals surface area contributed by atoms with E-state index in [4.69, 9.17) is 5.73 Å². The molecule has 2 aliphatic heterocycles. The molecule has 3 aliphatic rings. The molecule has 5 aromatic rings. The molecular formula is C80H109N15O17S2. The van der Waals surface area contributed by atoms with E-state index in [1.807, 2.05) is 24.3 Å². The van der Waals surface area contributed by atoms with Crippen LogP contribution in [0.1, 0.15) is 153 Å². The number of primary amides is 1. The molecule has 0 spiro atoms. The Morgan fingerprint density at radius 2 is 1.06 bits per heavy atom. The number of fused-ring (bicyclic) bond motifs is 12. The number of rotatable bonds is 12. The molecule has 1 aliphatic carbocycles. The fourth-order valence-corrected chi connectivity index (χ4v) is 15.7. The summed E-state index contributed by atoms with van der Waals surface area (Å²) in [5.74, 6) is -11.1. The number of aromatic hydroxyl groups is 2. The van der Waals surface area contributed by atoms with E-state index in [-0.39, 0.29) is 81.6 Å². The standard InChI is InChI=1S/C80H109N15O17S2/c1-7-15-55-70(103)87-57-30-31-62(100)82-33-12-11-21-56(72(105)93-64(44(2)96)76(109)89-60(74(107)85-55)39-51-40-84-69-54(51)20-14-34-83-69)86-73(106)58(37-46-22-26-52(98)27-23-46)90-79(112)67(80(4,5)6)92-63(101)32-35-113-41-48-16-13-17-49(36-48)42-114-43-61(68(81)102)91-77(110)65(45(3)97)94-78(111)66(50-18-9-8-10-19-50)95-75(108)59(88-71(57)104)38-47-24-28-53(99)29-25-47/h13-14,16-17,20,22-29,34,36,40,44-45,50,55-61,64-67,96-99H,7-12,15,18-19,21,30-33,35,37-39,41-43H2,1-6H3,(H2,81,102)(H,82,100)(H,83,84)(H,85,107)(H,86,106)(H,87,103)(H,88,104)(H,89,109)(H,90,112)(H,91,110)(H,92,101)(H,93,105)(H,94,111)(H,95,108)/t44-,45-,55+,56+,57+,58+,59+,60+,61-,64+,65+,66?,67-/m1/s1. The van der Waals surface area contributed by atoms with Crippen LogP contribution in [0.2, 0.25) is 0 Å². The van der Waals surface area contributed by atoms with Crippen LogP contribution in [0, 0.1) is 11.3 Å². The third-order valence-electron chi connectivity index (χ3n) is 20.2. The SMILES string of the molecule is CCC[C@@H]1NC(=O)[C@H](Cc2c[nH]c3ncccc23)NC(=O)[C@H]([C@@H](C)O)NC(=O)[C@@H]2CCCCNC(=O)CC[C@H](NC1=O)C(=O)N[C@@H](Cc1ccc(O)cc1)C(=O)NC(C1CCCCC1)C(=O)N[C@@H]([C@@H](C)O)C(=O)N[C@@H](C(N)=O)CSCc1cccc(c1)CSCCC(=O)N[C@@H](C(C)(C)C)C(=O)N[C@@H](Cc1ccc(O)cc1)C(=O)N2. The van der Waals surface area contributed by atoms with Crippen LogP contribution in [0.25, 0.3) is 11.0 Å². The van der Waals surface area contributed by atoms with E-state index in [1.165, 1.54) is 92.1 Å². The summed E-state index contributed by atoms with van der Waals surface area (Å²) in [4.78, 5) is 198. The van der Waals surface area contributed by atoms with E-state index < -0.39 is 180 Å². The number of nitrogens with two attached hydrogens (primary N) is 1. The van der Waals surface area contributed by atoms with Gasteiger partial charge in [0.15, 0.2) is 0 Å². The third-order valence-corrected chi connectivity index (χ3v) is 22.3. The van der Waals surface area contributed by atoms with Crippen molar-refractivity contribution in [3.8, 4) is 11.5 Å². The van der Waals surface area contributed by atoms with E-state index in [1.54, 1.807) is 46.0 Å². The Balaban J connectivity index is 1.19. The number of hydrogen-bond acceptors (Lipinski definition) is 20. The summed E-state index contributed by atoms with van der Waals surface area (Å²) < 4.78 is 0. The number of carbonyl (C=O) groups is 13. The summed E-state index contributed by atoms with van der Waals surface area (Å²) in [5.41, 5.74) is 8.37. The number of aromatic amines is 1. The van der Waals surface area contributed by atoms with Crippen molar-refractivity contribution in [2.24, 2.45) is 17.1 Å². The van der Waals surface area contributed by atoms with Gasteiger partial charge in [0, 0.05) is 79.4 Å². The van der Waals surface area contributed by atoms with Gasteiger partial charge in [-0.15, -0.1) is 0 Å². The van der Waals surface area contributed by atoms with E-state index in [0.29, 0.717) is 70.7 Å². The zero-order valence-electron chi connectivity index (χ0n) is 65.1. The first kappa shape index (κ1) is 89.2. The number of nitrogens with one attached hydrogen (secondary N) is 13. The zero-order chi connectivity index (χ0) is 82.8. The van der Waals surface area contributed by atoms with Gasteiger partial charge in [0.25, 0.3) is 0 Å². The fraction of sp³-hybridized carbons (Fsp3) is 0.525. The van der Waals surface area contributed by atoms with Gasteiger partial charge in [-0.05, 0) is 134 Å². The highest BCUT2D eigenvalue weighted by molar-refractivity contribution is 7.98. The van der Waals surface area contributed by atoms with Crippen molar-refractivity contribution in [1.29, 1.82) is 0 Å². The molecule has 4 heterocycles. The third kappa shape index (κ3) is 27.2. The highest BCUT2D eigenvalue weighted by Crippen LogP contribution is 2.29. The molecule has 1 unspecified atom stereocenters. The van der Waals surface area contributed by atoms with E-state index >= 15 is 19.2 Å². The number of hydrogen-bond donors (Lipinski definition) is 18. The number of aliphatic hydroxyl groups is 2. The maximum atomic E-state index is 15.3. The number of benzene rings is 3. The first-order valence-corrected chi connectivity index (χ1v) is 41.1. The lowest BCUT2D eigenvalue weighted by Crippen LogP contribution is -2.63. The van der Waals surface area contributed by atoms with Crippen LogP contribution in [-0.2, 0) is 93.1 Å². The van der Waals surface area contributed by atoms with Gasteiger partial charge >= 0.3 is 0 Å². The first-order valence-electron chi connectivity index (χ1n) is 38.8. The van der Waals surface area contributed by atoms with Crippen molar-refractivity contribution in [2.45, 2.75) is 234 Å². The molecule has 114 heavy (non-hydrogen) atoms. The van der Waals surface area contributed by atoms with Crippen molar-refractivity contribution < 1.29 is 82.8 Å². The first-order chi connectivity index (χ1) is 54.3. The Kier molecular flexibility index (Phi) is 33.8. The maximum Gasteiger partial charge on any atom is 0.245 e. The second-order valence-electron chi connectivity index (χ2n) is 30.5. The van der Waals surface area contributed by atoms with E-state index in [2.05, 4.69) is 73.8 Å². The minimum absolute atomic E-state index is 0.0306. The average molecular weight is 1620 g/mol. The molecule has 4 bridgehead atoms. The van der Waals surface area contributed by atoms with Gasteiger partial charge < -0.3 is 94.9 Å². The molecule has 1 saturated heterocycles. The van der Waals surface area contributed by atoms with Crippen LogP contribution in [0.4, 0.5) is 0 Å². The van der Waals surface area contributed by atoms with E-state index in [0.717, 1.165) is 17.5 Å². The van der Waals surface area contributed by atoms with Gasteiger partial charge in [0.05, 0.1) is 12.2 Å². The average Bonchev–Trinajstić information content (AvgIpc) is 1.56. The van der Waals surface area contributed by atoms with Gasteiger partial charge in [-0.25, -0.2) is 4.98 Å². The van der Waals surface area contributed by atoms with Crippen LogP contribution in [0.3, 0.4) is 0 Å². The van der Waals surface area contributed by atoms with Gasteiger partial charge in [-0.1, -0.05) is 102 Å². The Morgan fingerprint density at radius 1 is 0.535 bits per heavy atom. The summed E-state index contributed by atoms with van der Waals surface area (Å²) in [6.45, 7) is 9.28. The van der Waals surface area contributed by atoms with Gasteiger partial charge in [-0.2, -0.15) is 23.5 Å². The molecular weight excluding hydrogens is 1510 g/mol. The lowest BCUT2D eigenvalue weighted by Gasteiger charge is -2.33. The second-order valence-corrected chi connectivity index (χ2v) is 32.6. The number of phenols is 2. The minimum atomic E-state index is -1.84. The molecule has 8 rings (SSSR count).